The number of aryl methyl sites for hydroxylation is 1. The molecule has 0 spiro atoms. The number of amides is 2. The third kappa shape index (κ3) is 11.9. The Morgan fingerprint density at radius 2 is 1.48 bits per heavy atom. The maximum Gasteiger partial charge on any atom is 0.307 e. The van der Waals surface area contributed by atoms with Crippen LogP contribution in [-0.2, 0) is 38.4 Å². The standard InChI is InChI=1S/C40H51N3O5/c1-40(2,3)48-37(44)27-31(17-11-6-5-8-16-30-20-22-33(47-4)23-21-30)38(45)43-36(26-32-28-42-35-19-13-12-18-34(32)35)39(46)41-25-24-29-14-9-7-10-15-29/h7,9-10,12-15,18-23,28,31,36,42H,5-6,8,11,16-17,24-27H2,1-4H3,(H,41,46)(H,43,45). The highest BCUT2D eigenvalue weighted by Gasteiger charge is 2.29. The molecule has 3 N–H and O–H groups in total. The minimum Gasteiger partial charge on any atom is -0.497 e. The van der Waals surface area contributed by atoms with Gasteiger partial charge in [0, 0.05) is 36.0 Å². The van der Waals surface area contributed by atoms with Gasteiger partial charge in [0.2, 0.25) is 11.8 Å². The first kappa shape index (κ1) is 36.2. The molecule has 0 fully saturated rings. The van der Waals surface area contributed by atoms with Crippen LogP contribution in [0.1, 0.15) is 76.0 Å². The Hall–Kier alpha value is -4.59. The maximum atomic E-state index is 13.9. The van der Waals surface area contributed by atoms with Crippen LogP contribution in [-0.4, -0.2) is 48.1 Å². The molecule has 0 saturated carbocycles. The highest BCUT2D eigenvalue weighted by Crippen LogP contribution is 2.22. The molecule has 8 nitrogen and oxygen atoms in total. The maximum absolute atomic E-state index is 13.9. The summed E-state index contributed by atoms with van der Waals surface area (Å²) in [5.41, 5.74) is 3.64. The number of rotatable bonds is 18. The van der Waals surface area contributed by atoms with Crippen LogP contribution in [0.3, 0.4) is 0 Å². The van der Waals surface area contributed by atoms with Gasteiger partial charge >= 0.3 is 5.97 Å². The molecule has 48 heavy (non-hydrogen) atoms. The van der Waals surface area contributed by atoms with Crippen molar-refractivity contribution < 1.29 is 23.9 Å². The number of para-hydroxylation sites is 1. The van der Waals surface area contributed by atoms with Crippen molar-refractivity contribution in [1.29, 1.82) is 0 Å². The first-order valence-electron chi connectivity index (χ1n) is 17.1. The zero-order chi connectivity index (χ0) is 34.4. The Morgan fingerprint density at radius 1 is 0.792 bits per heavy atom. The number of nitrogens with one attached hydrogen (secondary N) is 3. The highest BCUT2D eigenvalue weighted by atomic mass is 16.6. The third-order valence-electron chi connectivity index (χ3n) is 8.42. The van der Waals surface area contributed by atoms with E-state index in [0.717, 1.165) is 59.9 Å². The van der Waals surface area contributed by atoms with Crippen LogP contribution in [0.2, 0.25) is 0 Å². The molecule has 2 unspecified atom stereocenters. The molecule has 0 aliphatic rings. The van der Waals surface area contributed by atoms with E-state index in [1.54, 1.807) is 7.11 Å². The number of ether oxygens (including phenoxy) is 2. The molecule has 0 aliphatic heterocycles. The number of carbonyl (C=O) groups excluding carboxylic acids is 3. The SMILES string of the molecule is COc1ccc(CCCCCCC(CC(=O)OC(C)(C)C)C(=O)NC(Cc2c[nH]c3ccccc23)C(=O)NCCc2ccccc2)cc1. The molecule has 4 aromatic rings. The quantitative estimate of drug-likeness (QED) is 0.0784. The van der Waals surface area contributed by atoms with E-state index in [9.17, 15) is 14.4 Å². The molecule has 256 valence electrons. The van der Waals surface area contributed by atoms with Gasteiger partial charge in [0.1, 0.15) is 17.4 Å². The van der Waals surface area contributed by atoms with Crippen LogP contribution in [0, 0.1) is 5.92 Å². The van der Waals surface area contributed by atoms with Crippen molar-refractivity contribution in [3.8, 4) is 5.75 Å². The predicted molar refractivity (Wildman–Crippen MR) is 191 cm³/mol. The van der Waals surface area contributed by atoms with Crippen molar-refractivity contribution in [1.82, 2.24) is 15.6 Å². The van der Waals surface area contributed by atoms with E-state index in [1.165, 1.54) is 5.56 Å². The van der Waals surface area contributed by atoms with Gasteiger partial charge in [0.15, 0.2) is 0 Å². The van der Waals surface area contributed by atoms with E-state index in [-0.39, 0.29) is 18.2 Å². The molecule has 1 heterocycles. The second-order valence-electron chi connectivity index (χ2n) is 13.4. The molecule has 0 aliphatic carbocycles. The molecule has 1 aromatic heterocycles. The van der Waals surface area contributed by atoms with E-state index >= 15 is 0 Å². The summed E-state index contributed by atoms with van der Waals surface area (Å²) in [7, 11) is 1.66. The number of aromatic nitrogens is 1. The van der Waals surface area contributed by atoms with Gasteiger partial charge in [-0.1, -0.05) is 79.9 Å². The first-order chi connectivity index (χ1) is 23.1. The molecule has 2 amide bonds. The number of carbonyl (C=O) groups is 3. The molecular formula is C40H51N3O5. The Balaban J connectivity index is 1.40. The lowest BCUT2D eigenvalue weighted by Crippen LogP contribution is -2.50. The fourth-order valence-corrected chi connectivity index (χ4v) is 5.89. The Bertz CT molecular complexity index is 1590. The molecule has 0 bridgehead atoms. The Kier molecular flexibility index (Phi) is 13.7. The van der Waals surface area contributed by atoms with Crippen LogP contribution in [0.5, 0.6) is 5.75 Å². The largest absolute Gasteiger partial charge is 0.497 e. The minimum absolute atomic E-state index is 0.0373. The van der Waals surface area contributed by atoms with Crippen LogP contribution in [0.4, 0.5) is 0 Å². The third-order valence-corrected chi connectivity index (χ3v) is 8.42. The van der Waals surface area contributed by atoms with Crippen molar-refractivity contribution in [3.05, 3.63) is 102 Å². The minimum atomic E-state index is -0.807. The van der Waals surface area contributed by atoms with E-state index < -0.39 is 23.5 Å². The number of benzene rings is 3. The van der Waals surface area contributed by atoms with Gasteiger partial charge < -0.3 is 25.1 Å². The summed E-state index contributed by atoms with van der Waals surface area (Å²) in [5, 5.41) is 7.08. The number of aromatic amines is 1. The van der Waals surface area contributed by atoms with Crippen LogP contribution < -0.4 is 15.4 Å². The number of hydrogen-bond acceptors (Lipinski definition) is 5. The number of fused-ring (bicyclic) bond motifs is 1. The second-order valence-corrected chi connectivity index (χ2v) is 13.4. The molecule has 4 rings (SSSR count). The average Bonchev–Trinajstić information content (AvgIpc) is 3.48. The van der Waals surface area contributed by atoms with Crippen molar-refractivity contribution in [2.75, 3.05) is 13.7 Å². The molecule has 8 heteroatoms. The lowest BCUT2D eigenvalue weighted by atomic mass is 9.94. The second kappa shape index (κ2) is 18.1. The molecule has 2 atom stereocenters. The zero-order valence-electron chi connectivity index (χ0n) is 28.8. The lowest BCUT2D eigenvalue weighted by molar-refractivity contribution is -0.157. The number of unbranched alkanes of at least 4 members (excludes halogenated alkanes) is 3. The van der Waals surface area contributed by atoms with Crippen molar-refractivity contribution >= 4 is 28.7 Å². The molecule has 3 aromatic carbocycles. The lowest BCUT2D eigenvalue weighted by Gasteiger charge is -2.24. The average molecular weight is 654 g/mol. The van der Waals surface area contributed by atoms with Gasteiger partial charge in [-0.05, 0) is 81.3 Å². The van der Waals surface area contributed by atoms with Crippen LogP contribution >= 0.6 is 0 Å². The molecule has 0 radical (unpaired) electrons. The van der Waals surface area contributed by atoms with E-state index in [2.05, 4.69) is 27.8 Å². The smallest absolute Gasteiger partial charge is 0.307 e. The first-order valence-corrected chi connectivity index (χ1v) is 17.1. The van der Waals surface area contributed by atoms with Gasteiger partial charge in [0.05, 0.1) is 13.5 Å². The van der Waals surface area contributed by atoms with Gasteiger partial charge in [-0.3, -0.25) is 14.4 Å². The van der Waals surface area contributed by atoms with E-state index in [4.69, 9.17) is 9.47 Å². The number of methoxy groups -OCH3 is 1. The number of hydrogen-bond donors (Lipinski definition) is 3. The summed E-state index contributed by atoms with van der Waals surface area (Å²) >= 11 is 0. The van der Waals surface area contributed by atoms with Gasteiger partial charge in [-0.2, -0.15) is 0 Å². The fourth-order valence-electron chi connectivity index (χ4n) is 5.89. The van der Waals surface area contributed by atoms with Gasteiger partial charge in [0.25, 0.3) is 0 Å². The van der Waals surface area contributed by atoms with Crippen LogP contribution in [0.15, 0.2) is 85.1 Å². The molecular weight excluding hydrogens is 602 g/mol. The van der Waals surface area contributed by atoms with Crippen LogP contribution in [0.25, 0.3) is 10.9 Å². The van der Waals surface area contributed by atoms with Crippen molar-refractivity contribution in [2.45, 2.75) is 90.2 Å². The normalized spacial score (nSPS) is 12.7. The summed E-state index contributed by atoms with van der Waals surface area (Å²) in [6.45, 7) is 5.90. The van der Waals surface area contributed by atoms with Gasteiger partial charge in [-0.15, -0.1) is 0 Å². The fraction of sp³-hybridized carbons (Fsp3) is 0.425. The summed E-state index contributed by atoms with van der Waals surface area (Å²) < 4.78 is 10.8. The van der Waals surface area contributed by atoms with E-state index in [0.29, 0.717) is 25.8 Å². The van der Waals surface area contributed by atoms with E-state index in [1.807, 2.05) is 93.7 Å². The summed E-state index contributed by atoms with van der Waals surface area (Å²) in [4.78, 5) is 43.7. The summed E-state index contributed by atoms with van der Waals surface area (Å²) in [5.74, 6) is -0.727. The van der Waals surface area contributed by atoms with Crippen molar-refractivity contribution in [2.24, 2.45) is 5.92 Å². The Morgan fingerprint density at radius 3 is 2.21 bits per heavy atom. The monoisotopic (exact) mass is 653 g/mol. The van der Waals surface area contributed by atoms with Gasteiger partial charge in [-0.25, -0.2) is 0 Å². The van der Waals surface area contributed by atoms with Crippen molar-refractivity contribution in [3.63, 3.8) is 0 Å². The summed E-state index contributed by atoms with van der Waals surface area (Å²) in [6, 6.07) is 25.2. The highest BCUT2D eigenvalue weighted by molar-refractivity contribution is 5.91. The molecule has 0 saturated heterocycles. The predicted octanol–water partition coefficient (Wildman–Crippen LogP) is 7.10. The summed E-state index contributed by atoms with van der Waals surface area (Å²) in [6.07, 6.45) is 8.13. The Labute approximate surface area is 285 Å². The zero-order valence-corrected chi connectivity index (χ0v) is 28.8. The number of esters is 1. The number of H-pyrrole nitrogens is 1. The topological polar surface area (TPSA) is 110 Å².